The van der Waals surface area contributed by atoms with Crippen LogP contribution >= 0.6 is 0 Å². The molecule has 0 aromatic rings. The first-order chi connectivity index (χ1) is 11.4. The van der Waals surface area contributed by atoms with Gasteiger partial charge >= 0.3 is 12.2 Å². The van der Waals surface area contributed by atoms with Crippen molar-refractivity contribution in [1.29, 1.82) is 0 Å². The van der Waals surface area contributed by atoms with Gasteiger partial charge in [0.2, 0.25) is 0 Å². The lowest BCUT2D eigenvalue weighted by molar-refractivity contribution is -0.138. The highest BCUT2D eigenvalue weighted by Crippen LogP contribution is 2.28. The van der Waals surface area contributed by atoms with Crippen LogP contribution in [-0.4, -0.2) is 73.0 Å². The highest BCUT2D eigenvalue weighted by molar-refractivity contribution is 5.74. The van der Waals surface area contributed by atoms with Crippen LogP contribution in [0.4, 0.5) is 18.0 Å². The standard InChI is InChI=1S/C16H26F3N3O2/c17-16(18,19)6-8-22(12-3-1-4-12)15(23)20-9-14-10-21-7-2-5-13(21)11-24-14/h12-14H,1-11H2,(H,20,23)/t13-,14+/m0/s1. The molecule has 1 aliphatic carbocycles. The van der Waals surface area contributed by atoms with Crippen molar-refractivity contribution in [3.05, 3.63) is 0 Å². The number of nitrogens with zero attached hydrogens (tertiary/aromatic N) is 2. The third kappa shape index (κ3) is 4.53. The van der Waals surface area contributed by atoms with Gasteiger partial charge in [-0.3, -0.25) is 4.90 Å². The number of hydrogen-bond acceptors (Lipinski definition) is 3. The molecule has 2 saturated heterocycles. The SMILES string of the molecule is O=C(NC[C@@H]1CN2CCC[C@H]2CO1)N(CCC(F)(F)F)C1CCC1. The van der Waals surface area contributed by atoms with Crippen LogP contribution in [0.25, 0.3) is 0 Å². The van der Waals surface area contributed by atoms with Gasteiger partial charge in [0.05, 0.1) is 19.1 Å². The van der Waals surface area contributed by atoms with E-state index in [1.807, 2.05) is 0 Å². The maximum atomic E-state index is 12.5. The van der Waals surface area contributed by atoms with Crippen LogP contribution in [0, 0.1) is 0 Å². The fourth-order valence-electron chi connectivity index (χ4n) is 3.71. The number of carbonyl (C=O) groups is 1. The first-order valence-corrected chi connectivity index (χ1v) is 8.89. The molecule has 0 unspecified atom stereocenters. The van der Waals surface area contributed by atoms with Gasteiger partial charge in [-0.05, 0) is 38.6 Å². The van der Waals surface area contributed by atoms with Crippen LogP contribution in [0.3, 0.4) is 0 Å². The lowest BCUT2D eigenvalue weighted by Gasteiger charge is -2.39. The topological polar surface area (TPSA) is 44.8 Å². The molecule has 0 radical (unpaired) electrons. The molecule has 5 nitrogen and oxygen atoms in total. The van der Waals surface area contributed by atoms with Crippen molar-refractivity contribution in [2.24, 2.45) is 0 Å². The van der Waals surface area contributed by atoms with Gasteiger partial charge in [0.1, 0.15) is 0 Å². The number of nitrogens with one attached hydrogen (secondary N) is 1. The molecule has 0 aromatic heterocycles. The fourth-order valence-corrected chi connectivity index (χ4v) is 3.71. The summed E-state index contributed by atoms with van der Waals surface area (Å²) >= 11 is 0. The van der Waals surface area contributed by atoms with Crippen LogP contribution in [0.1, 0.15) is 38.5 Å². The molecular weight excluding hydrogens is 323 g/mol. The molecule has 0 bridgehead atoms. The summed E-state index contributed by atoms with van der Waals surface area (Å²) in [7, 11) is 0. The normalized spacial score (nSPS) is 28.3. The smallest absolute Gasteiger partial charge is 0.373 e. The van der Waals surface area contributed by atoms with E-state index < -0.39 is 18.6 Å². The van der Waals surface area contributed by atoms with E-state index in [9.17, 15) is 18.0 Å². The van der Waals surface area contributed by atoms with Crippen LogP contribution in [0.2, 0.25) is 0 Å². The van der Waals surface area contributed by atoms with Gasteiger partial charge < -0.3 is 15.0 Å². The number of ether oxygens (including phenoxy) is 1. The minimum atomic E-state index is -4.24. The lowest BCUT2D eigenvalue weighted by atomic mass is 9.91. The maximum absolute atomic E-state index is 12.5. The predicted octanol–water partition coefficient (Wildman–Crippen LogP) is 2.37. The number of carbonyl (C=O) groups excluding carboxylic acids is 1. The second-order valence-corrected chi connectivity index (χ2v) is 7.08. The summed E-state index contributed by atoms with van der Waals surface area (Å²) in [6.07, 6.45) is -0.365. The Morgan fingerprint density at radius 3 is 2.71 bits per heavy atom. The van der Waals surface area contributed by atoms with E-state index in [2.05, 4.69) is 10.2 Å². The van der Waals surface area contributed by atoms with E-state index in [0.29, 0.717) is 19.2 Å². The molecular formula is C16H26F3N3O2. The van der Waals surface area contributed by atoms with Crippen LogP contribution < -0.4 is 5.32 Å². The molecule has 1 saturated carbocycles. The Morgan fingerprint density at radius 2 is 2.04 bits per heavy atom. The van der Waals surface area contributed by atoms with Gasteiger partial charge in [-0.2, -0.15) is 13.2 Å². The average Bonchev–Trinajstić information content (AvgIpc) is 2.93. The van der Waals surface area contributed by atoms with Crippen LogP contribution in [0.5, 0.6) is 0 Å². The first kappa shape index (κ1) is 17.8. The zero-order chi connectivity index (χ0) is 17.2. The lowest BCUT2D eigenvalue weighted by Crippen LogP contribution is -2.54. The minimum absolute atomic E-state index is 0.0532. The predicted molar refractivity (Wildman–Crippen MR) is 82.8 cm³/mol. The third-order valence-electron chi connectivity index (χ3n) is 5.35. The zero-order valence-electron chi connectivity index (χ0n) is 13.9. The second-order valence-electron chi connectivity index (χ2n) is 7.08. The van der Waals surface area contributed by atoms with Gasteiger partial charge in [0.15, 0.2) is 0 Å². The Morgan fingerprint density at radius 1 is 1.25 bits per heavy atom. The molecule has 2 atom stereocenters. The number of halogens is 3. The third-order valence-corrected chi connectivity index (χ3v) is 5.35. The number of rotatable bonds is 5. The number of hydrogen-bond donors (Lipinski definition) is 1. The van der Waals surface area contributed by atoms with Crippen molar-refractivity contribution in [3.8, 4) is 0 Å². The summed E-state index contributed by atoms with van der Waals surface area (Å²) in [6, 6.07) is 0.0499. The molecule has 3 rings (SSSR count). The van der Waals surface area contributed by atoms with E-state index >= 15 is 0 Å². The van der Waals surface area contributed by atoms with Crippen molar-refractivity contribution in [3.63, 3.8) is 0 Å². The van der Waals surface area contributed by atoms with Gasteiger partial charge in [0, 0.05) is 31.7 Å². The van der Waals surface area contributed by atoms with Gasteiger partial charge in [-0.1, -0.05) is 0 Å². The summed E-state index contributed by atoms with van der Waals surface area (Å²) in [5.74, 6) is 0. The Labute approximate surface area is 140 Å². The molecule has 24 heavy (non-hydrogen) atoms. The first-order valence-electron chi connectivity index (χ1n) is 8.89. The summed E-state index contributed by atoms with van der Waals surface area (Å²) in [5, 5.41) is 2.79. The molecule has 8 heteroatoms. The Bertz CT molecular complexity index is 443. The van der Waals surface area contributed by atoms with E-state index in [-0.39, 0.29) is 18.7 Å². The summed E-state index contributed by atoms with van der Waals surface area (Å²) < 4.78 is 43.2. The maximum Gasteiger partial charge on any atom is 0.390 e. The average molecular weight is 349 g/mol. The monoisotopic (exact) mass is 349 g/mol. The number of fused-ring (bicyclic) bond motifs is 1. The molecule has 138 valence electrons. The summed E-state index contributed by atoms with van der Waals surface area (Å²) in [5.41, 5.74) is 0. The molecule has 2 amide bonds. The van der Waals surface area contributed by atoms with Gasteiger partial charge in [-0.25, -0.2) is 4.79 Å². The number of urea groups is 1. The second kappa shape index (κ2) is 7.47. The largest absolute Gasteiger partial charge is 0.390 e. The highest BCUT2D eigenvalue weighted by atomic mass is 19.4. The molecule has 2 aliphatic heterocycles. The van der Waals surface area contributed by atoms with Crippen LogP contribution in [-0.2, 0) is 4.74 Å². The van der Waals surface area contributed by atoms with Gasteiger partial charge in [0.25, 0.3) is 0 Å². The van der Waals surface area contributed by atoms with Crippen molar-refractivity contribution < 1.29 is 22.7 Å². The van der Waals surface area contributed by atoms with E-state index in [1.54, 1.807) is 0 Å². The molecule has 3 fully saturated rings. The summed E-state index contributed by atoms with van der Waals surface area (Å²) in [4.78, 5) is 16.1. The highest BCUT2D eigenvalue weighted by Gasteiger charge is 2.35. The Hall–Kier alpha value is -1.02. The van der Waals surface area contributed by atoms with E-state index in [4.69, 9.17) is 4.74 Å². The fraction of sp³-hybridized carbons (Fsp3) is 0.938. The van der Waals surface area contributed by atoms with E-state index in [1.165, 1.54) is 11.3 Å². The number of amides is 2. The van der Waals surface area contributed by atoms with Gasteiger partial charge in [-0.15, -0.1) is 0 Å². The number of morpholine rings is 1. The van der Waals surface area contributed by atoms with Crippen molar-refractivity contribution in [1.82, 2.24) is 15.1 Å². The zero-order valence-corrected chi connectivity index (χ0v) is 13.9. The molecule has 2 heterocycles. The summed E-state index contributed by atoms with van der Waals surface area (Å²) in [6.45, 7) is 2.63. The molecule has 1 N–H and O–H groups in total. The molecule has 0 aromatic carbocycles. The van der Waals surface area contributed by atoms with Crippen LogP contribution in [0.15, 0.2) is 0 Å². The number of alkyl halides is 3. The van der Waals surface area contributed by atoms with Crippen molar-refractivity contribution >= 4 is 6.03 Å². The van der Waals surface area contributed by atoms with E-state index in [0.717, 1.165) is 38.8 Å². The quantitative estimate of drug-likeness (QED) is 0.829. The van der Waals surface area contributed by atoms with Crippen molar-refractivity contribution in [2.75, 3.05) is 32.8 Å². The minimum Gasteiger partial charge on any atom is -0.373 e. The Kier molecular flexibility index (Phi) is 5.54. The molecule has 3 aliphatic rings. The Balaban J connectivity index is 1.46. The molecule has 0 spiro atoms. The van der Waals surface area contributed by atoms with Crippen molar-refractivity contribution in [2.45, 2.75) is 62.9 Å².